The van der Waals surface area contributed by atoms with Crippen molar-refractivity contribution < 1.29 is 0 Å². The fourth-order valence-electron chi connectivity index (χ4n) is 2.09. The van der Waals surface area contributed by atoms with Gasteiger partial charge in [0.1, 0.15) is 0 Å². The van der Waals surface area contributed by atoms with Crippen molar-refractivity contribution in [3.63, 3.8) is 0 Å². The lowest BCUT2D eigenvalue weighted by Gasteiger charge is -2.13. The van der Waals surface area contributed by atoms with E-state index < -0.39 is 0 Å². The molecule has 0 radical (unpaired) electrons. The third-order valence-corrected chi connectivity index (χ3v) is 4.19. The normalized spacial score (nSPS) is 12.4. The molecule has 2 aromatic carbocycles. The Balaban J connectivity index is 2.15. The van der Waals surface area contributed by atoms with Crippen molar-refractivity contribution in [3.05, 3.63) is 65.2 Å². The SMILES string of the molecule is CCSc1ccc(C(N)c2ccc(CC)cc2)cc1. The second-order valence-electron chi connectivity index (χ2n) is 4.57. The summed E-state index contributed by atoms with van der Waals surface area (Å²) in [6, 6.07) is 17.1. The van der Waals surface area contributed by atoms with Gasteiger partial charge in [0.15, 0.2) is 0 Å². The van der Waals surface area contributed by atoms with E-state index in [0.717, 1.165) is 12.2 Å². The Morgan fingerprint density at radius 2 is 1.42 bits per heavy atom. The summed E-state index contributed by atoms with van der Waals surface area (Å²) in [5, 5.41) is 0. The molecule has 2 N–H and O–H groups in total. The molecule has 0 saturated heterocycles. The lowest BCUT2D eigenvalue weighted by atomic mass is 9.98. The Bertz CT molecular complexity index is 502. The minimum Gasteiger partial charge on any atom is -0.320 e. The molecule has 0 saturated carbocycles. The highest BCUT2D eigenvalue weighted by Gasteiger charge is 2.08. The van der Waals surface area contributed by atoms with Crippen LogP contribution in [0.1, 0.15) is 36.6 Å². The van der Waals surface area contributed by atoms with Crippen LogP contribution < -0.4 is 5.73 Å². The molecule has 1 atom stereocenters. The van der Waals surface area contributed by atoms with Gasteiger partial charge in [-0.15, -0.1) is 11.8 Å². The lowest BCUT2D eigenvalue weighted by molar-refractivity contribution is 0.868. The van der Waals surface area contributed by atoms with Crippen molar-refractivity contribution in [3.8, 4) is 0 Å². The second kappa shape index (κ2) is 6.78. The summed E-state index contributed by atoms with van der Waals surface area (Å²) in [5.41, 5.74) is 10.0. The molecule has 0 aromatic heterocycles. The second-order valence-corrected chi connectivity index (χ2v) is 5.91. The molecule has 19 heavy (non-hydrogen) atoms. The summed E-state index contributed by atoms with van der Waals surface area (Å²) in [5.74, 6) is 1.10. The van der Waals surface area contributed by atoms with Gasteiger partial charge in [0, 0.05) is 4.90 Å². The third-order valence-electron chi connectivity index (χ3n) is 3.30. The van der Waals surface area contributed by atoms with Crippen LogP contribution in [-0.4, -0.2) is 5.75 Å². The van der Waals surface area contributed by atoms with Gasteiger partial charge in [0.05, 0.1) is 6.04 Å². The van der Waals surface area contributed by atoms with E-state index in [1.165, 1.54) is 21.6 Å². The first-order valence-electron chi connectivity index (χ1n) is 6.81. The van der Waals surface area contributed by atoms with Crippen LogP contribution in [0.25, 0.3) is 0 Å². The van der Waals surface area contributed by atoms with Crippen molar-refractivity contribution in [2.24, 2.45) is 5.73 Å². The Kier molecular flexibility index (Phi) is 5.06. The minimum absolute atomic E-state index is 0.0356. The van der Waals surface area contributed by atoms with E-state index in [-0.39, 0.29) is 6.04 Å². The Labute approximate surface area is 120 Å². The summed E-state index contributed by atoms with van der Waals surface area (Å²) in [6.07, 6.45) is 1.07. The van der Waals surface area contributed by atoms with E-state index >= 15 is 0 Å². The molecule has 0 aliphatic heterocycles. The average molecular weight is 271 g/mol. The first kappa shape index (κ1) is 14.2. The summed E-state index contributed by atoms with van der Waals surface area (Å²) < 4.78 is 0. The van der Waals surface area contributed by atoms with Crippen LogP contribution in [0, 0.1) is 0 Å². The predicted molar refractivity (Wildman–Crippen MR) is 84.7 cm³/mol. The Hall–Kier alpha value is -1.25. The van der Waals surface area contributed by atoms with Gasteiger partial charge >= 0.3 is 0 Å². The molecule has 1 unspecified atom stereocenters. The van der Waals surface area contributed by atoms with Crippen LogP contribution in [0.15, 0.2) is 53.4 Å². The van der Waals surface area contributed by atoms with Crippen molar-refractivity contribution in [2.45, 2.75) is 31.2 Å². The molecule has 2 heteroatoms. The maximum atomic E-state index is 6.33. The van der Waals surface area contributed by atoms with Crippen LogP contribution in [0.4, 0.5) is 0 Å². The van der Waals surface area contributed by atoms with E-state index in [1.807, 2.05) is 11.8 Å². The lowest BCUT2D eigenvalue weighted by Crippen LogP contribution is -2.11. The van der Waals surface area contributed by atoms with Gasteiger partial charge in [-0.2, -0.15) is 0 Å². The van der Waals surface area contributed by atoms with Gasteiger partial charge in [-0.25, -0.2) is 0 Å². The van der Waals surface area contributed by atoms with Gasteiger partial charge in [0.25, 0.3) is 0 Å². The third kappa shape index (κ3) is 3.62. The number of benzene rings is 2. The average Bonchev–Trinajstić information content (AvgIpc) is 2.48. The monoisotopic (exact) mass is 271 g/mol. The van der Waals surface area contributed by atoms with Crippen LogP contribution in [-0.2, 0) is 6.42 Å². The maximum Gasteiger partial charge on any atom is 0.0551 e. The van der Waals surface area contributed by atoms with Crippen LogP contribution in [0.5, 0.6) is 0 Å². The zero-order chi connectivity index (χ0) is 13.7. The van der Waals surface area contributed by atoms with Crippen molar-refractivity contribution >= 4 is 11.8 Å². The van der Waals surface area contributed by atoms with E-state index in [2.05, 4.69) is 62.4 Å². The summed E-state index contributed by atoms with van der Waals surface area (Å²) in [7, 11) is 0. The number of hydrogen-bond acceptors (Lipinski definition) is 2. The summed E-state index contributed by atoms with van der Waals surface area (Å²) in [4.78, 5) is 1.31. The first-order valence-corrected chi connectivity index (χ1v) is 7.80. The van der Waals surface area contributed by atoms with Gasteiger partial charge in [-0.1, -0.05) is 50.2 Å². The number of aryl methyl sites for hydroxylation is 1. The molecular weight excluding hydrogens is 250 g/mol. The maximum absolute atomic E-state index is 6.33. The zero-order valence-electron chi connectivity index (χ0n) is 11.6. The first-order chi connectivity index (χ1) is 9.24. The topological polar surface area (TPSA) is 26.0 Å². The summed E-state index contributed by atoms with van der Waals surface area (Å²) in [6.45, 7) is 4.33. The van der Waals surface area contributed by atoms with E-state index in [4.69, 9.17) is 5.73 Å². The van der Waals surface area contributed by atoms with Gasteiger partial charge in [-0.05, 0) is 41.0 Å². The van der Waals surface area contributed by atoms with Gasteiger partial charge < -0.3 is 5.73 Å². The van der Waals surface area contributed by atoms with Crippen molar-refractivity contribution in [2.75, 3.05) is 5.75 Å². The van der Waals surface area contributed by atoms with E-state index in [1.54, 1.807) is 0 Å². The van der Waals surface area contributed by atoms with E-state index in [0.29, 0.717) is 0 Å². The molecule has 0 fully saturated rings. The number of nitrogens with two attached hydrogens (primary N) is 1. The molecule has 2 aromatic rings. The molecule has 0 spiro atoms. The molecule has 100 valence electrons. The Morgan fingerprint density at radius 1 is 0.895 bits per heavy atom. The van der Waals surface area contributed by atoms with Crippen LogP contribution >= 0.6 is 11.8 Å². The largest absolute Gasteiger partial charge is 0.320 e. The molecular formula is C17H21NS. The molecule has 1 nitrogen and oxygen atoms in total. The highest BCUT2D eigenvalue weighted by atomic mass is 32.2. The molecule has 2 rings (SSSR count). The molecule has 0 amide bonds. The van der Waals surface area contributed by atoms with Gasteiger partial charge in [0.2, 0.25) is 0 Å². The number of thioether (sulfide) groups is 1. The van der Waals surface area contributed by atoms with Crippen LogP contribution in [0.3, 0.4) is 0 Å². The van der Waals surface area contributed by atoms with Crippen molar-refractivity contribution in [1.29, 1.82) is 0 Å². The standard InChI is InChI=1S/C17H21NS/c1-3-13-5-7-14(8-6-13)17(18)15-9-11-16(12-10-15)19-4-2/h5-12,17H,3-4,18H2,1-2H3. The molecule has 0 aliphatic rings. The predicted octanol–water partition coefficient (Wildman–Crippen LogP) is 4.41. The highest BCUT2D eigenvalue weighted by molar-refractivity contribution is 7.99. The minimum atomic E-state index is -0.0356. The fourth-order valence-corrected chi connectivity index (χ4v) is 2.75. The molecule has 0 bridgehead atoms. The fraction of sp³-hybridized carbons (Fsp3) is 0.294. The smallest absolute Gasteiger partial charge is 0.0551 e. The number of rotatable bonds is 5. The van der Waals surface area contributed by atoms with Crippen LogP contribution in [0.2, 0.25) is 0 Å². The number of hydrogen-bond donors (Lipinski definition) is 1. The molecule has 0 aliphatic carbocycles. The highest BCUT2D eigenvalue weighted by Crippen LogP contribution is 2.23. The van der Waals surface area contributed by atoms with Crippen molar-refractivity contribution in [1.82, 2.24) is 0 Å². The Morgan fingerprint density at radius 3 is 1.89 bits per heavy atom. The van der Waals surface area contributed by atoms with E-state index in [9.17, 15) is 0 Å². The summed E-state index contributed by atoms with van der Waals surface area (Å²) >= 11 is 1.86. The molecule has 0 heterocycles. The van der Waals surface area contributed by atoms with Gasteiger partial charge in [-0.3, -0.25) is 0 Å². The zero-order valence-corrected chi connectivity index (χ0v) is 12.4. The quantitative estimate of drug-likeness (QED) is 0.815.